The molecular formula is C43H81NO18. The predicted octanol–water partition coefficient (Wildman–Crippen LogP) is -0.251. The molecule has 0 saturated carbocycles. The first-order chi connectivity index (χ1) is 29.8. The van der Waals surface area contributed by atoms with Crippen molar-refractivity contribution in [2.24, 2.45) is 0 Å². The third kappa shape index (κ3) is 17.2. The highest BCUT2D eigenvalue weighted by Crippen LogP contribution is 2.33. The molecule has 12 N–H and O–H groups in total. The molecule has 3 fully saturated rings. The van der Waals surface area contributed by atoms with Crippen LogP contribution in [0.5, 0.6) is 0 Å². The number of carbonyl (C=O) groups excluding carboxylic acids is 1. The molecular weight excluding hydrogens is 818 g/mol. The highest BCUT2D eigenvalue weighted by atomic mass is 16.8. The summed E-state index contributed by atoms with van der Waals surface area (Å²) in [6.07, 6.45) is -7.36. The van der Waals surface area contributed by atoms with E-state index in [4.69, 9.17) is 28.4 Å². The zero-order chi connectivity index (χ0) is 45.6. The SMILES string of the molecule is CCCCCCCCCCCC(=O)NC(COC1OC(CO)C(OC2OC(CO)C(OC3OC(CO)C(O)C(O)C3O)C(O)C2O)C(O)C1O)C(O)CCCCCCCCCC. The summed E-state index contributed by atoms with van der Waals surface area (Å²) in [7, 11) is 0. The van der Waals surface area contributed by atoms with Crippen LogP contribution in [0.15, 0.2) is 0 Å². The molecule has 0 radical (unpaired) electrons. The number of hydrogen-bond acceptors (Lipinski definition) is 18. The minimum atomic E-state index is -1.96. The van der Waals surface area contributed by atoms with Crippen molar-refractivity contribution >= 4 is 5.91 Å². The Kier molecular flexibility index (Phi) is 26.8. The van der Waals surface area contributed by atoms with Crippen molar-refractivity contribution in [1.29, 1.82) is 0 Å². The number of rotatable bonds is 31. The zero-order valence-electron chi connectivity index (χ0n) is 36.9. The Morgan fingerprint density at radius 1 is 0.516 bits per heavy atom. The Hall–Kier alpha value is -1.21. The fraction of sp³-hybridized carbons (Fsp3) is 0.977. The molecule has 17 atom stereocenters. The van der Waals surface area contributed by atoms with E-state index in [0.717, 1.165) is 44.9 Å². The Labute approximate surface area is 366 Å². The van der Waals surface area contributed by atoms with Gasteiger partial charge in [-0.05, 0) is 12.8 Å². The number of hydrogen-bond donors (Lipinski definition) is 12. The maximum Gasteiger partial charge on any atom is 0.220 e. The summed E-state index contributed by atoms with van der Waals surface area (Å²) in [6.45, 7) is 1.67. The average Bonchev–Trinajstić information content (AvgIpc) is 3.26. The van der Waals surface area contributed by atoms with Crippen molar-refractivity contribution in [3.05, 3.63) is 0 Å². The lowest BCUT2D eigenvalue weighted by molar-refractivity contribution is -0.379. The summed E-state index contributed by atoms with van der Waals surface area (Å²) in [5.41, 5.74) is 0. The highest BCUT2D eigenvalue weighted by Gasteiger charge is 2.53. The fourth-order valence-corrected chi connectivity index (χ4v) is 8.19. The van der Waals surface area contributed by atoms with Crippen LogP contribution in [-0.2, 0) is 33.2 Å². The molecule has 19 nitrogen and oxygen atoms in total. The fourth-order valence-electron chi connectivity index (χ4n) is 8.19. The van der Waals surface area contributed by atoms with E-state index in [2.05, 4.69) is 19.2 Å². The van der Waals surface area contributed by atoms with Crippen LogP contribution in [-0.4, -0.2) is 193 Å². The van der Waals surface area contributed by atoms with Crippen molar-refractivity contribution in [3.8, 4) is 0 Å². The van der Waals surface area contributed by atoms with Crippen LogP contribution in [0.3, 0.4) is 0 Å². The van der Waals surface area contributed by atoms with E-state index in [-0.39, 0.29) is 18.9 Å². The second-order valence-corrected chi connectivity index (χ2v) is 17.2. The molecule has 0 bridgehead atoms. The van der Waals surface area contributed by atoms with E-state index < -0.39 is 124 Å². The molecule has 0 aromatic heterocycles. The number of ether oxygens (including phenoxy) is 6. The van der Waals surface area contributed by atoms with Crippen molar-refractivity contribution in [3.63, 3.8) is 0 Å². The monoisotopic (exact) mass is 900 g/mol. The quantitative estimate of drug-likeness (QED) is 0.0399. The maximum absolute atomic E-state index is 13.1. The molecule has 62 heavy (non-hydrogen) atoms. The first-order valence-corrected chi connectivity index (χ1v) is 23.3. The minimum Gasteiger partial charge on any atom is -0.394 e. The maximum atomic E-state index is 13.1. The zero-order valence-corrected chi connectivity index (χ0v) is 36.9. The molecule has 3 saturated heterocycles. The molecule has 0 spiro atoms. The molecule has 19 heteroatoms. The largest absolute Gasteiger partial charge is 0.394 e. The average molecular weight is 900 g/mol. The van der Waals surface area contributed by atoms with Gasteiger partial charge in [-0.15, -0.1) is 0 Å². The van der Waals surface area contributed by atoms with E-state index in [0.29, 0.717) is 12.8 Å². The smallest absolute Gasteiger partial charge is 0.220 e. The molecule has 3 aliphatic heterocycles. The highest BCUT2D eigenvalue weighted by molar-refractivity contribution is 5.76. The van der Waals surface area contributed by atoms with Gasteiger partial charge in [-0.25, -0.2) is 0 Å². The molecule has 17 unspecified atom stereocenters. The molecule has 366 valence electrons. The van der Waals surface area contributed by atoms with Gasteiger partial charge in [0.05, 0.1) is 38.6 Å². The van der Waals surface area contributed by atoms with Crippen LogP contribution < -0.4 is 5.32 Å². The summed E-state index contributed by atoms with van der Waals surface area (Å²) in [5.74, 6) is -0.251. The number of aliphatic hydroxyl groups is 11. The Balaban J connectivity index is 1.59. The first kappa shape index (κ1) is 55.1. The normalized spacial score (nSPS) is 35.1. The summed E-state index contributed by atoms with van der Waals surface area (Å²) >= 11 is 0. The van der Waals surface area contributed by atoms with Gasteiger partial charge in [0, 0.05) is 6.42 Å². The number of carbonyl (C=O) groups is 1. The minimum absolute atomic E-state index is 0.251. The summed E-state index contributed by atoms with van der Waals surface area (Å²) < 4.78 is 34.0. The van der Waals surface area contributed by atoms with E-state index in [1.165, 1.54) is 57.8 Å². The standard InChI is InChI=1S/C43H81NO18/c1-3-5-7-9-11-13-15-17-19-21-31(49)44-26(27(48)20-18-16-14-12-10-8-6-4-2)25-57-41-37(55)34(52)39(29(23-46)59-41)62-43-38(56)35(53)40(30(24-47)60-43)61-42-36(54)33(51)32(50)28(22-45)58-42/h26-30,32-43,45-48,50-56H,3-25H2,1-2H3,(H,44,49). The van der Waals surface area contributed by atoms with Gasteiger partial charge in [-0.2, -0.15) is 0 Å². The summed E-state index contributed by atoms with van der Waals surface area (Å²) in [6, 6.07) is -0.874. The lowest BCUT2D eigenvalue weighted by atomic mass is 9.96. The third-order valence-corrected chi connectivity index (χ3v) is 12.2. The van der Waals surface area contributed by atoms with Gasteiger partial charge in [0.25, 0.3) is 0 Å². The van der Waals surface area contributed by atoms with Gasteiger partial charge >= 0.3 is 0 Å². The lowest BCUT2D eigenvalue weighted by Gasteiger charge is -2.48. The van der Waals surface area contributed by atoms with Crippen molar-refractivity contribution in [2.45, 2.75) is 240 Å². The summed E-state index contributed by atoms with van der Waals surface area (Å²) in [4.78, 5) is 13.1. The van der Waals surface area contributed by atoms with Crippen LogP contribution >= 0.6 is 0 Å². The van der Waals surface area contributed by atoms with Crippen LogP contribution in [0.1, 0.15) is 136 Å². The second-order valence-electron chi connectivity index (χ2n) is 17.2. The number of unbranched alkanes of at least 4 members (excludes halogenated alkanes) is 15. The van der Waals surface area contributed by atoms with Crippen molar-refractivity contribution < 1.29 is 89.4 Å². The predicted molar refractivity (Wildman–Crippen MR) is 222 cm³/mol. The van der Waals surface area contributed by atoms with Crippen LogP contribution in [0.25, 0.3) is 0 Å². The topological polar surface area (TPSA) is 307 Å². The molecule has 0 aliphatic carbocycles. The number of amides is 1. The van der Waals surface area contributed by atoms with Gasteiger partial charge in [0.15, 0.2) is 18.9 Å². The van der Waals surface area contributed by atoms with Crippen molar-refractivity contribution in [1.82, 2.24) is 5.32 Å². The van der Waals surface area contributed by atoms with Gasteiger partial charge in [-0.3, -0.25) is 4.79 Å². The van der Waals surface area contributed by atoms with Crippen LogP contribution in [0.4, 0.5) is 0 Å². The Morgan fingerprint density at radius 3 is 1.40 bits per heavy atom. The summed E-state index contributed by atoms with van der Waals surface area (Å²) in [5, 5.41) is 119. The Bertz CT molecular complexity index is 1170. The van der Waals surface area contributed by atoms with Crippen LogP contribution in [0, 0.1) is 0 Å². The van der Waals surface area contributed by atoms with E-state index in [1.807, 2.05) is 0 Å². The van der Waals surface area contributed by atoms with E-state index in [1.54, 1.807) is 0 Å². The molecule has 3 rings (SSSR count). The number of nitrogens with one attached hydrogen (secondary N) is 1. The van der Waals surface area contributed by atoms with E-state index in [9.17, 15) is 61.0 Å². The molecule has 1 amide bonds. The van der Waals surface area contributed by atoms with Gasteiger partial charge < -0.3 is 89.9 Å². The third-order valence-electron chi connectivity index (χ3n) is 12.2. The second kappa shape index (κ2) is 30.1. The van der Waals surface area contributed by atoms with E-state index >= 15 is 0 Å². The van der Waals surface area contributed by atoms with Crippen molar-refractivity contribution in [2.75, 3.05) is 26.4 Å². The van der Waals surface area contributed by atoms with Gasteiger partial charge in [-0.1, -0.05) is 117 Å². The van der Waals surface area contributed by atoms with Gasteiger partial charge in [0.1, 0.15) is 73.2 Å². The molecule has 3 heterocycles. The first-order valence-electron chi connectivity index (χ1n) is 23.3. The molecule has 0 aromatic rings. The van der Waals surface area contributed by atoms with Crippen LogP contribution in [0.2, 0.25) is 0 Å². The van der Waals surface area contributed by atoms with Gasteiger partial charge in [0.2, 0.25) is 5.91 Å². The number of aliphatic hydroxyl groups excluding tert-OH is 11. The molecule has 3 aliphatic rings. The lowest BCUT2D eigenvalue weighted by Crippen LogP contribution is -2.66. The Morgan fingerprint density at radius 2 is 0.919 bits per heavy atom. The molecule has 0 aromatic carbocycles.